The van der Waals surface area contributed by atoms with Crippen LogP contribution in [0.2, 0.25) is 0 Å². The van der Waals surface area contributed by atoms with Crippen LogP contribution in [-0.2, 0) is 0 Å². The number of piperidine rings is 1. The lowest BCUT2D eigenvalue weighted by molar-refractivity contribution is 0.147. The van der Waals surface area contributed by atoms with Gasteiger partial charge in [0.2, 0.25) is 0 Å². The highest BCUT2D eigenvalue weighted by Crippen LogP contribution is 2.28. The zero-order chi connectivity index (χ0) is 11.3. The van der Waals surface area contributed by atoms with Crippen LogP contribution >= 0.6 is 0 Å². The zero-order valence-corrected chi connectivity index (χ0v) is 10.3. The van der Waals surface area contributed by atoms with Gasteiger partial charge < -0.3 is 16.8 Å². The summed E-state index contributed by atoms with van der Waals surface area (Å²) in [6, 6.07) is 0. The van der Waals surface area contributed by atoms with Crippen LogP contribution < -0.4 is 16.8 Å². The molecule has 0 saturated carbocycles. The van der Waals surface area contributed by atoms with Gasteiger partial charge in [0.25, 0.3) is 0 Å². The van der Waals surface area contributed by atoms with Gasteiger partial charge in [0.1, 0.15) is 0 Å². The minimum Gasteiger partial charge on any atom is -0.317 e. The third-order valence-corrected chi connectivity index (χ3v) is 3.89. The summed E-state index contributed by atoms with van der Waals surface area (Å²) in [7, 11) is 0. The van der Waals surface area contributed by atoms with Crippen LogP contribution in [0.5, 0.6) is 0 Å². The average molecular weight is 213 g/mol. The van der Waals surface area contributed by atoms with Crippen molar-refractivity contribution in [2.75, 3.05) is 13.1 Å². The SMILES string of the molecule is CCCCC(C)C(N)(N)C1CCNCC1. The fourth-order valence-corrected chi connectivity index (χ4v) is 2.48. The van der Waals surface area contributed by atoms with Crippen molar-refractivity contribution < 1.29 is 0 Å². The molecule has 0 spiro atoms. The predicted octanol–water partition coefficient (Wildman–Crippen LogP) is 1.43. The van der Waals surface area contributed by atoms with Crippen molar-refractivity contribution in [2.24, 2.45) is 23.3 Å². The van der Waals surface area contributed by atoms with Gasteiger partial charge in [-0.1, -0.05) is 26.7 Å². The number of unbranched alkanes of at least 4 members (excludes halogenated alkanes) is 1. The molecular weight excluding hydrogens is 186 g/mol. The molecule has 1 heterocycles. The molecule has 1 atom stereocenters. The van der Waals surface area contributed by atoms with Crippen LogP contribution in [0, 0.1) is 11.8 Å². The van der Waals surface area contributed by atoms with E-state index in [9.17, 15) is 0 Å². The summed E-state index contributed by atoms with van der Waals surface area (Å²) in [5.74, 6) is 0.922. The van der Waals surface area contributed by atoms with Crippen molar-refractivity contribution in [2.45, 2.75) is 51.6 Å². The van der Waals surface area contributed by atoms with Crippen LogP contribution in [-0.4, -0.2) is 18.8 Å². The molecule has 0 radical (unpaired) electrons. The van der Waals surface area contributed by atoms with Crippen molar-refractivity contribution >= 4 is 0 Å². The van der Waals surface area contributed by atoms with Crippen LogP contribution in [0.3, 0.4) is 0 Å². The molecule has 5 N–H and O–H groups in total. The Morgan fingerprint density at radius 1 is 1.33 bits per heavy atom. The average Bonchev–Trinajstić information content (AvgIpc) is 2.27. The molecule has 0 aromatic rings. The van der Waals surface area contributed by atoms with E-state index in [0.717, 1.165) is 32.4 Å². The molecule has 90 valence electrons. The monoisotopic (exact) mass is 213 g/mol. The van der Waals surface area contributed by atoms with E-state index in [4.69, 9.17) is 11.5 Å². The van der Waals surface area contributed by atoms with E-state index in [1.54, 1.807) is 0 Å². The highest BCUT2D eigenvalue weighted by Gasteiger charge is 2.36. The minimum atomic E-state index is -0.461. The van der Waals surface area contributed by atoms with E-state index in [2.05, 4.69) is 19.2 Å². The molecule has 1 unspecified atom stereocenters. The number of nitrogens with two attached hydrogens (primary N) is 2. The van der Waals surface area contributed by atoms with Gasteiger partial charge in [0.05, 0.1) is 5.66 Å². The highest BCUT2D eigenvalue weighted by atomic mass is 15.0. The Labute approximate surface area is 94.0 Å². The van der Waals surface area contributed by atoms with Crippen molar-refractivity contribution in [1.82, 2.24) is 5.32 Å². The van der Waals surface area contributed by atoms with Crippen LogP contribution in [0.4, 0.5) is 0 Å². The Morgan fingerprint density at radius 3 is 2.47 bits per heavy atom. The third-order valence-electron chi connectivity index (χ3n) is 3.89. The molecule has 0 aromatic heterocycles. The van der Waals surface area contributed by atoms with Gasteiger partial charge in [0.15, 0.2) is 0 Å². The summed E-state index contributed by atoms with van der Waals surface area (Å²) in [5.41, 5.74) is 12.2. The molecule has 3 heteroatoms. The van der Waals surface area contributed by atoms with Crippen LogP contribution in [0.1, 0.15) is 46.0 Å². The lowest BCUT2D eigenvalue weighted by Crippen LogP contribution is -2.62. The summed E-state index contributed by atoms with van der Waals surface area (Å²) in [4.78, 5) is 0. The van der Waals surface area contributed by atoms with E-state index in [1.165, 1.54) is 12.8 Å². The van der Waals surface area contributed by atoms with E-state index in [0.29, 0.717) is 11.8 Å². The molecule has 15 heavy (non-hydrogen) atoms. The van der Waals surface area contributed by atoms with Crippen molar-refractivity contribution in [3.05, 3.63) is 0 Å². The maximum absolute atomic E-state index is 6.33. The normalized spacial score (nSPS) is 21.6. The second-order valence-electron chi connectivity index (χ2n) is 5.07. The van der Waals surface area contributed by atoms with Crippen LogP contribution in [0.25, 0.3) is 0 Å². The standard InChI is InChI=1S/C12H27N3/c1-3-4-5-10(2)12(13,14)11-6-8-15-9-7-11/h10-11,15H,3-9,13-14H2,1-2H3. The molecule has 1 saturated heterocycles. The first-order valence-corrected chi connectivity index (χ1v) is 6.37. The first-order valence-electron chi connectivity index (χ1n) is 6.37. The van der Waals surface area contributed by atoms with E-state index in [-0.39, 0.29) is 0 Å². The Kier molecular flexibility index (Phi) is 5.03. The molecule has 0 aromatic carbocycles. The van der Waals surface area contributed by atoms with Gasteiger partial charge in [-0.05, 0) is 44.2 Å². The topological polar surface area (TPSA) is 64.1 Å². The Morgan fingerprint density at radius 2 is 1.93 bits per heavy atom. The minimum absolute atomic E-state index is 0.431. The van der Waals surface area contributed by atoms with Crippen LogP contribution in [0.15, 0.2) is 0 Å². The van der Waals surface area contributed by atoms with Gasteiger partial charge in [0, 0.05) is 0 Å². The number of hydrogen-bond donors (Lipinski definition) is 3. The maximum Gasteiger partial charge on any atom is 0.0692 e. The molecule has 1 fully saturated rings. The van der Waals surface area contributed by atoms with Gasteiger partial charge >= 0.3 is 0 Å². The Balaban J connectivity index is 2.46. The largest absolute Gasteiger partial charge is 0.317 e. The summed E-state index contributed by atoms with van der Waals surface area (Å²) < 4.78 is 0. The summed E-state index contributed by atoms with van der Waals surface area (Å²) in [6.07, 6.45) is 5.88. The lowest BCUT2D eigenvalue weighted by Gasteiger charge is -2.41. The highest BCUT2D eigenvalue weighted by molar-refractivity contribution is 4.92. The zero-order valence-electron chi connectivity index (χ0n) is 10.3. The molecule has 3 nitrogen and oxygen atoms in total. The molecule has 0 aliphatic carbocycles. The number of rotatable bonds is 5. The van der Waals surface area contributed by atoms with E-state index < -0.39 is 5.66 Å². The Bertz CT molecular complexity index is 174. The molecule has 1 aliphatic rings. The molecular formula is C12H27N3. The van der Waals surface area contributed by atoms with Gasteiger partial charge in [-0.15, -0.1) is 0 Å². The van der Waals surface area contributed by atoms with Gasteiger partial charge in [-0.3, -0.25) is 0 Å². The maximum atomic E-state index is 6.33. The molecule has 0 amide bonds. The van der Waals surface area contributed by atoms with E-state index >= 15 is 0 Å². The first-order chi connectivity index (χ1) is 7.09. The third kappa shape index (κ3) is 3.44. The molecule has 1 rings (SSSR count). The van der Waals surface area contributed by atoms with Crippen molar-refractivity contribution in [1.29, 1.82) is 0 Å². The number of nitrogens with one attached hydrogen (secondary N) is 1. The Hall–Kier alpha value is -0.120. The summed E-state index contributed by atoms with van der Waals surface area (Å²) in [6.45, 7) is 6.56. The molecule has 0 bridgehead atoms. The van der Waals surface area contributed by atoms with Gasteiger partial charge in [-0.2, -0.15) is 0 Å². The first kappa shape index (κ1) is 12.9. The van der Waals surface area contributed by atoms with Crippen molar-refractivity contribution in [3.8, 4) is 0 Å². The van der Waals surface area contributed by atoms with Crippen molar-refractivity contribution in [3.63, 3.8) is 0 Å². The lowest BCUT2D eigenvalue weighted by atomic mass is 9.76. The molecule has 1 aliphatic heterocycles. The predicted molar refractivity (Wildman–Crippen MR) is 65.4 cm³/mol. The second kappa shape index (κ2) is 5.83. The van der Waals surface area contributed by atoms with Gasteiger partial charge in [-0.25, -0.2) is 0 Å². The number of hydrogen-bond acceptors (Lipinski definition) is 3. The summed E-state index contributed by atoms with van der Waals surface area (Å²) >= 11 is 0. The summed E-state index contributed by atoms with van der Waals surface area (Å²) in [5, 5.41) is 3.36. The fourth-order valence-electron chi connectivity index (χ4n) is 2.48. The fraction of sp³-hybridized carbons (Fsp3) is 1.00. The second-order valence-corrected chi connectivity index (χ2v) is 5.07. The van der Waals surface area contributed by atoms with E-state index in [1.807, 2.05) is 0 Å². The smallest absolute Gasteiger partial charge is 0.0692 e. The quantitative estimate of drug-likeness (QED) is 0.605.